The maximum absolute atomic E-state index is 12.1. The minimum absolute atomic E-state index is 0.0532. The van der Waals surface area contributed by atoms with Crippen molar-refractivity contribution >= 4 is 5.91 Å². The van der Waals surface area contributed by atoms with Gasteiger partial charge >= 0.3 is 0 Å². The SMILES string of the molecule is Cc1ccc(OCC(=O)NC2(c3ccccc3)CC2)cc1. The first-order chi connectivity index (χ1) is 10.2. The number of ether oxygens (including phenoxy) is 1. The molecule has 2 aromatic carbocycles. The summed E-state index contributed by atoms with van der Waals surface area (Å²) in [7, 11) is 0. The number of hydrogen-bond donors (Lipinski definition) is 1. The first-order valence-electron chi connectivity index (χ1n) is 7.24. The number of amides is 1. The molecule has 0 atom stereocenters. The molecule has 0 radical (unpaired) electrons. The Morgan fingerprint density at radius 2 is 1.76 bits per heavy atom. The van der Waals surface area contributed by atoms with Crippen LogP contribution in [0.4, 0.5) is 0 Å². The first-order valence-corrected chi connectivity index (χ1v) is 7.24. The first kappa shape index (κ1) is 13.7. The van der Waals surface area contributed by atoms with E-state index in [-0.39, 0.29) is 18.1 Å². The minimum atomic E-state index is -0.172. The molecule has 0 heterocycles. The molecular weight excluding hydrogens is 262 g/mol. The molecule has 108 valence electrons. The van der Waals surface area contributed by atoms with E-state index in [2.05, 4.69) is 17.4 Å². The molecule has 0 saturated heterocycles. The number of carbonyl (C=O) groups is 1. The van der Waals surface area contributed by atoms with Gasteiger partial charge in [-0.3, -0.25) is 4.79 Å². The third-order valence-corrected chi connectivity index (χ3v) is 3.85. The molecule has 0 unspecified atom stereocenters. The third-order valence-electron chi connectivity index (χ3n) is 3.85. The maximum atomic E-state index is 12.1. The Labute approximate surface area is 124 Å². The van der Waals surface area contributed by atoms with Gasteiger partial charge in [0.25, 0.3) is 5.91 Å². The van der Waals surface area contributed by atoms with E-state index < -0.39 is 0 Å². The zero-order chi connectivity index (χ0) is 14.7. The third kappa shape index (κ3) is 3.24. The molecule has 3 nitrogen and oxygen atoms in total. The molecule has 0 spiro atoms. The average Bonchev–Trinajstić information content (AvgIpc) is 3.28. The number of carbonyl (C=O) groups excluding carboxylic acids is 1. The van der Waals surface area contributed by atoms with Gasteiger partial charge in [-0.05, 0) is 37.5 Å². The highest BCUT2D eigenvalue weighted by atomic mass is 16.5. The molecule has 1 fully saturated rings. The molecule has 21 heavy (non-hydrogen) atoms. The van der Waals surface area contributed by atoms with Crippen molar-refractivity contribution in [1.82, 2.24) is 5.32 Å². The van der Waals surface area contributed by atoms with Gasteiger partial charge in [0.1, 0.15) is 5.75 Å². The molecule has 1 N–H and O–H groups in total. The molecule has 1 amide bonds. The Morgan fingerprint density at radius 3 is 2.38 bits per heavy atom. The Kier molecular flexibility index (Phi) is 3.65. The lowest BCUT2D eigenvalue weighted by atomic mass is 10.1. The zero-order valence-electron chi connectivity index (χ0n) is 12.1. The van der Waals surface area contributed by atoms with Crippen molar-refractivity contribution in [1.29, 1.82) is 0 Å². The Morgan fingerprint density at radius 1 is 1.10 bits per heavy atom. The Balaban J connectivity index is 1.56. The van der Waals surface area contributed by atoms with Gasteiger partial charge in [0.15, 0.2) is 6.61 Å². The summed E-state index contributed by atoms with van der Waals surface area (Å²) >= 11 is 0. The Bertz CT molecular complexity index is 615. The highest BCUT2D eigenvalue weighted by Gasteiger charge is 2.45. The molecular formula is C18H19NO2. The van der Waals surface area contributed by atoms with Crippen LogP contribution in [0.1, 0.15) is 24.0 Å². The summed E-state index contributed by atoms with van der Waals surface area (Å²) in [5, 5.41) is 3.10. The van der Waals surface area contributed by atoms with E-state index in [0.29, 0.717) is 0 Å². The lowest BCUT2D eigenvalue weighted by molar-refractivity contribution is -0.124. The summed E-state index contributed by atoms with van der Waals surface area (Å²) in [5.74, 6) is 0.650. The summed E-state index contributed by atoms with van der Waals surface area (Å²) in [6, 6.07) is 17.8. The van der Waals surface area contributed by atoms with E-state index in [1.54, 1.807) is 0 Å². The molecule has 1 aliphatic rings. The Hall–Kier alpha value is -2.29. The van der Waals surface area contributed by atoms with Crippen molar-refractivity contribution < 1.29 is 9.53 Å². The second kappa shape index (κ2) is 5.60. The van der Waals surface area contributed by atoms with Crippen LogP contribution in [0.25, 0.3) is 0 Å². The monoisotopic (exact) mass is 281 g/mol. The van der Waals surface area contributed by atoms with Crippen molar-refractivity contribution in [2.45, 2.75) is 25.3 Å². The number of nitrogens with one attached hydrogen (secondary N) is 1. The normalized spacial score (nSPS) is 15.3. The van der Waals surface area contributed by atoms with Crippen LogP contribution in [-0.4, -0.2) is 12.5 Å². The molecule has 0 bridgehead atoms. The molecule has 3 heteroatoms. The second-order valence-corrected chi connectivity index (χ2v) is 5.60. The van der Waals surface area contributed by atoms with Crippen LogP contribution in [0.3, 0.4) is 0 Å². The molecule has 3 rings (SSSR count). The smallest absolute Gasteiger partial charge is 0.258 e. The highest BCUT2D eigenvalue weighted by Crippen LogP contribution is 2.45. The van der Waals surface area contributed by atoms with Crippen LogP contribution in [0.5, 0.6) is 5.75 Å². The zero-order valence-corrected chi connectivity index (χ0v) is 12.1. The van der Waals surface area contributed by atoms with E-state index in [0.717, 1.165) is 18.6 Å². The lowest BCUT2D eigenvalue weighted by Gasteiger charge is -2.18. The van der Waals surface area contributed by atoms with Gasteiger partial charge in [0.2, 0.25) is 0 Å². The average molecular weight is 281 g/mol. The van der Waals surface area contributed by atoms with Gasteiger partial charge < -0.3 is 10.1 Å². The van der Waals surface area contributed by atoms with E-state index >= 15 is 0 Å². The number of aryl methyl sites for hydroxylation is 1. The van der Waals surface area contributed by atoms with Crippen molar-refractivity contribution in [2.24, 2.45) is 0 Å². The van der Waals surface area contributed by atoms with Crippen LogP contribution in [0.15, 0.2) is 54.6 Å². The van der Waals surface area contributed by atoms with Crippen LogP contribution >= 0.6 is 0 Å². The second-order valence-electron chi connectivity index (χ2n) is 5.60. The predicted molar refractivity (Wildman–Crippen MR) is 82.2 cm³/mol. The van der Waals surface area contributed by atoms with Crippen molar-refractivity contribution in [3.63, 3.8) is 0 Å². The van der Waals surface area contributed by atoms with Gasteiger partial charge in [-0.15, -0.1) is 0 Å². The van der Waals surface area contributed by atoms with Crippen LogP contribution < -0.4 is 10.1 Å². The van der Waals surface area contributed by atoms with E-state index in [9.17, 15) is 4.79 Å². The highest BCUT2D eigenvalue weighted by molar-refractivity contribution is 5.79. The van der Waals surface area contributed by atoms with Crippen molar-refractivity contribution in [2.75, 3.05) is 6.61 Å². The minimum Gasteiger partial charge on any atom is -0.484 e. The summed E-state index contributed by atoms with van der Waals surface area (Å²) in [6.07, 6.45) is 1.99. The molecule has 2 aromatic rings. The van der Waals surface area contributed by atoms with Crippen molar-refractivity contribution in [3.05, 3.63) is 65.7 Å². The fraction of sp³-hybridized carbons (Fsp3) is 0.278. The molecule has 0 aliphatic heterocycles. The van der Waals surface area contributed by atoms with Gasteiger partial charge in [-0.25, -0.2) is 0 Å². The standard InChI is InChI=1S/C18H19NO2/c1-14-7-9-16(10-8-14)21-13-17(20)19-18(11-12-18)15-5-3-2-4-6-15/h2-10H,11-13H2,1H3,(H,19,20). The van der Waals surface area contributed by atoms with Crippen LogP contribution in [0, 0.1) is 6.92 Å². The topological polar surface area (TPSA) is 38.3 Å². The summed E-state index contributed by atoms with van der Waals surface area (Å²) < 4.78 is 5.52. The quantitative estimate of drug-likeness (QED) is 0.914. The summed E-state index contributed by atoms with van der Waals surface area (Å²) in [4.78, 5) is 12.1. The van der Waals surface area contributed by atoms with E-state index in [1.165, 1.54) is 11.1 Å². The van der Waals surface area contributed by atoms with Gasteiger partial charge in [-0.1, -0.05) is 48.0 Å². The number of benzene rings is 2. The number of hydrogen-bond acceptors (Lipinski definition) is 2. The fourth-order valence-corrected chi connectivity index (χ4v) is 2.45. The van der Waals surface area contributed by atoms with E-state index in [4.69, 9.17) is 4.74 Å². The predicted octanol–water partition coefficient (Wildman–Crippen LogP) is 3.18. The van der Waals surface area contributed by atoms with Gasteiger partial charge in [0, 0.05) is 0 Å². The van der Waals surface area contributed by atoms with Crippen LogP contribution in [-0.2, 0) is 10.3 Å². The maximum Gasteiger partial charge on any atom is 0.258 e. The fourth-order valence-electron chi connectivity index (χ4n) is 2.45. The summed E-state index contributed by atoms with van der Waals surface area (Å²) in [6.45, 7) is 2.07. The molecule has 0 aromatic heterocycles. The molecule has 1 saturated carbocycles. The van der Waals surface area contributed by atoms with E-state index in [1.807, 2.05) is 49.4 Å². The number of rotatable bonds is 5. The van der Waals surface area contributed by atoms with Crippen LogP contribution in [0.2, 0.25) is 0 Å². The summed E-state index contributed by atoms with van der Waals surface area (Å²) in [5.41, 5.74) is 2.18. The lowest BCUT2D eigenvalue weighted by Crippen LogP contribution is -2.37. The molecule has 1 aliphatic carbocycles. The van der Waals surface area contributed by atoms with Gasteiger partial charge in [-0.2, -0.15) is 0 Å². The van der Waals surface area contributed by atoms with Crippen molar-refractivity contribution in [3.8, 4) is 5.75 Å². The largest absolute Gasteiger partial charge is 0.484 e. The van der Waals surface area contributed by atoms with Gasteiger partial charge in [0.05, 0.1) is 5.54 Å².